The van der Waals surface area contributed by atoms with Gasteiger partial charge in [-0.25, -0.2) is 4.79 Å². The molecule has 1 heterocycles. The fraction of sp³-hybridized carbons (Fsp3) is 0.350. The zero-order chi connectivity index (χ0) is 16.8. The summed E-state index contributed by atoms with van der Waals surface area (Å²) in [5.41, 5.74) is 2.12. The number of nitrogens with zero attached hydrogens (tertiary/aromatic N) is 1. The molecule has 24 heavy (non-hydrogen) atoms. The average molecular weight is 324 g/mol. The predicted molar refractivity (Wildman–Crippen MR) is 96.5 cm³/mol. The van der Waals surface area contributed by atoms with Gasteiger partial charge in [-0.05, 0) is 36.2 Å². The first-order valence-electron chi connectivity index (χ1n) is 8.61. The van der Waals surface area contributed by atoms with E-state index < -0.39 is 0 Å². The van der Waals surface area contributed by atoms with Gasteiger partial charge in [0.05, 0.1) is 0 Å². The molecule has 2 aromatic rings. The quantitative estimate of drug-likeness (QED) is 0.910. The number of likely N-dealkylation sites (tertiary alicyclic amines) is 1. The molecule has 2 aromatic carbocycles. The van der Waals surface area contributed by atoms with Gasteiger partial charge in [-0.1, -0.05) is 37.3 Å². The average Bonchev–Trinajstić information content (AvgIpc) is 2.63. The fourth-order valence-electron chi connectivity index (χ4n) is 2.93. The SMILES string of the molecule is CCc1cccc(OC2CCN(C(=O)Nc3ccccc3)CC2)c1. The molecule has 3 rings (SSSR count). The van der Waals surface area contributed by atoms with Crippen molar-refractivity contribution in [3.05, 3.63) is 60.2 Å². The highest BCUT2D eigenvalue weighted by molar-refractivity contribution is 5.89. The van der Waals surface area contributed by atoms with Gasteiger partial charge in [-0.2, -0.15) is 0 Å². The van der Waals surface area contributed by atoms with Crippen LogP contribution in [0.25, 0.3) is 0 Å². The number of nitrogens with one attached hydrogen (secondary N) is 1. The number of rotatable bonds is 4. The van der Waals surface area contributed by atoms with Crippen molar-refractivity contribution >= 4 is 11.7 Å². The van der Waals surface area contributed by atoms with Crippen LogP contribution in [0.2, 0.25) is 0 Å². The maximum absolute atomic E-state index is 12.3. The normalized spacial score (nSPS) is 15.1. The van der Waals surface area contributed by atoms with Crippen LogP contribution in [0.1, 0.15) is 25.3 Å². The Bertz CT molecular complexity index is 664. The number of urea groups is 1. The summed E-state index contributed by atoms with van der Waals surface area (Å²) in [4.78, 5) is 14.1. The molecule has 0 saturated carbocycles. The van der Waals surface area contributed by atoms with Crippen LogP contribution in [0.15, 0.2) is 54.6 Å². The van der Waals surface area contributed by atoms with E-state index in [0.29, 0.717) is 0 Å². The molecular weight excluding hydrogens is 300 g/mol. The van der Waals surface area contributed by atoms with E-state index in [9.17, 15) is 4.79 Å². The zero-order valence-corrected chi connectivity index (χ0v) is 14.1. The van der Waals surface area contributed by atoms with Crippen LogP contribution >= 0.6 is 0 Å². The smallest absolute Gasteiger partial charge is 0.321 e. The first-order chi connectivity index (χ1) is 11.7. The highest BCUT2D eigenvalue weighted by Gasteiger charge is 2.24. The summed E-state index contributed by atoms with van der Waals surface area (Å²) in [5, 5.41) is 2.94. The summed E-state index contributed by atoms with van der Waals surface area (Å²) in [6, 6.07) is 17.8. The molecule has 0 atom stereocenters. The number of aryl methyl sites for hydroxylation is 1. The van der Waals surface area contributed by atoms with Crippen LogP contribution in [0, 0.1) is 0 Å². The summed E-state index contributed by atoms with van der Waals surface area (Å²) in [6.45, 7) is 3.58. The number of hydrogen-bond acceptors (Lipinski definition) is 2. The lowest BCUT2D eigenvalue weighted by atomic mass is 10.1. The number of amides is 2. The second-order valence-electron chi connectivity index (χ2n) is 6.10. The predicted octanol–water partition coefficient (Wildman–Crippen LogP) is 4.32. The molecule has 0 aliphatic carbocycles. The van der Waals surface area contributed by atoms with Crippen LogP contribution in [0.5, 0.6) is 5.75 Å². The summed E-state index contributed by atoms with van der Waals surface area (Å²) in [7, 11) is 0. The van der Waals surface area contributed by atoms with E-state index in [4.69, 9.17) is 4.74 Å². The number of anilines is 1. The lowest BCUT2D eigenvalue weighted by Crippen LogP contribution is -2.43. The van der Waals surface area contributed by atoms with Crippen LogP contribution < -0.4 is 10.1 Å². The van der Waals surface area contributed by atoms with Gasteiger partial charge in [-0.15, -0.1) is 0 Å². The number of para-hydroxylation sites is 1. The Morgan fingerprint density at radius 1 is 1.12 bits per heavy atom. The van der Waals surface area contributed by atoms with Gasteiger partial charge in [0, 0.05) is 31.6 Å². The molecule has 2 amide bonds. The van der Waals surface area contributed by atoms with Gasteiger partial charge in [0.2, 0.25) is 0 Å². The summed E-state index contributed by atoms with van der Waals surface area (Å²) in [6.07, 6.45) is 2.91. The minimum atomic E-state index is -0.0346. The van der Waals surface area contributed by atoms with E-state index in [1.807, 2.05) is 47.4 Å². The minimum absolute atomic E-state index is 0.0346. The molecule has 4 nitrogen and oxygen atoms in total. The van der Waals surface area contributed by atoms with E-state index in [2.05, 4.69) is 24.4 Å². The molecule has 0 radical (unpaired) electrons. The van der Waals surface area contributed by atoms with Crippen molar-refractivity contribution in [1.29, 1.82) is 0 Å². The first-order valence-corrected chi connectivity index (χ1v) is 8.61. The Labute approximate surface area is 143 Å². The third kappa shape index (κ3) is 4.28. The summed E-state index contributed by atoms with van der Waals surface area (Å²) in [5.74, 6) is 0.932. The van der Waals surface area contributed by atoms with Gasteiger partial charge in [0.1, 0.15) is 11.9 Å². The third-order valence-electron chi connectivity index (χ3n) is 4.36. The highest BCUT2D eigenvalue weighted by atomic mass is 16.5. The van der Waals surface area contributed by atoms with Crippen LogP contribution in [-0.2, 0) is 6.42 Å². The molecule has 0 aromatic heterocycles. The Balaban J connectivity index is 1.49. The lowest BCUT2D eigenvalue weighted by Gasteiger charge is -2.32. The van der Waals surface area contributed by atoms with Crippen molar-refractivity contribution < 1.29 is 9.53 Å². The Morgan fingerprint density at radius 2 is 1.88 bits per heavy atom. The van der Waals surface area contributed by atoms with E-state index in [1.165, 1.54) is 5.56 Å². The molecule has 1 N–H and O–H groups in total. The van der Waals surface area contributed by atoms with Crippen molar-refractivity contribution in [3.63, 3.8) is 0 Å². The van der Waals surface area contributed by atoms with E-state index in [-0.39, 0.29) is 12.1 Å². The second-order valence-corrected chi connectivity index (χ2v) is 6.10. The molecule has 1 aliphatic heterocycles. The third-order valence-corrected chi connectivity index (χ3v) is 4.36. The molecule has 0 unspecified atom stereocenters. The molecule has 0 bridgehead atoms. The summed E-state index contributed by atoms with van der Waals surface area (Å²) < 4.78 is 6.09. The van der Waals surface area contributed by atoms with E-state index in [0.717, 1.165) is 43.8 Å². The maximum Gasteiger partial charge on any atom is 0.321 e. The molecule has 1 saturated heterocycles. The molecule has 4 heteroatoms. The van der Waals surface area contributed by atoms with Crippen molar-refractivity contribution in [3.8, 4) is 5.75 Å². The van der Waals surface area contributed by atoms with Crippen molar-refractivity contribution in [2.45, 2.75) is 32.3 Å². The van der Waals surface area contributed by atoms with Gasteiger partial charge >= 0.3 is 6.03 Å². The van der Waals surface area contributed by atoms with Crippen molar-refractivity contribution in [2.24, 2.45) is 0 Å². The van der Waals surface area contributed by atoms with Crippen molar-refractivity contribution in [2.75, 3.05) is 18.4 Å². The monoisotopic (exact) mass is 324 g/mol. The van der Waals surface area contributed by atoms with Gasteiger partial charge in [-0.3, -0.25) is 0 Å². The molecule has 1 aliphatic rings. The molecule has 126 valence electrons. The van der Waals surface area contributed by atoms with Crippen LogP contribution in [0.4, 0.5) is 10.5 Å². The topological polar surface area (TPSA) is 41.6 Å². The first kappa shape index (κ1) is 16.4. The van der Waals surface area contributed by atoms with E-state index >= 15 is 0 Å². The van der Waals surface area contributed by atoms with Crippen LogP contribution in [-0.4, -0.2) is 30.1 Å². The van der Waals surface area contributed by atoms with Crippen molar-refractivity contribution in [1.82, 2.24) is 4.90 Å². The Morgan fingerprint density at radius 3 is 2.58 bits per heavy atom. The van der Waals surface area contributed by atoms with Crippen LogP contribution in [0.3, 0.4) is 0 Å². The lowest BCUT2D eigenvalue weighted by molar-refractivity contribution is 0.115. The zero-order valence-electron chi connectivity index (χ0n) is 14.1. The summed E-state index contributed by atoms with van der Waals surface area (Å²) >= 11 is 0. The van der Waals surface area contributed by atoms with Gasteiger partial charge in [0.15, 0.2) is 0 Å². The second kappa shape index (κ2) is 7.86. The number of ether oxygens (including phenoxy) is 1. The fourth-order valence-corrected chi connectivity index (χ4v) is 2.93. The Kier molecular flexibility index (Phi) is 5.36. The van der Waals surface area contributed by atoms with E-state index in [1.54, 1.807) is 0 Å². The molecule has 0 spiro atoms. The number of piperidine rings is 1. The minimum Gasteiger partial charge on any atom is -0.490 e. The number of hydrogen-bond donors (Lipinski definition) is 1. The number of carbonyl (C=O) groups excluding carboxylic acids is 1. The maximum atomic E-state index is 12.3. The largest absolute Gasteiger partial charge is 0.490 e. The molecular formula is C20H24N2O2. The van der Waals surface area contributed by atoms with Gasteiger partial charge < -0.3 is 15.0 Å². The number of carbonyl (C=O) groups is 1. The standard InChI is InChI=1S/C20H24N2O2/c1-2-16-7-6-10-19(15-16)24-18-11-13-22(14-12-18)20(23)21-17-8-4-3-5-9-17/h3-10,15,18H,2,11-14H2,1H3,(H,21,23). The van der Waals surface area contributed by atoms with Gasteiger partial charge in [0.25, 0.3) is 0 Å². The Hall–Kier alpha value is -2.49. The number of benzene rings is 2. The molecule has 1 fully saturated rings. The highest BCUT2D eigenvalue weighted by Crippen LogP contribution is 2.21.